The summed E-state index contributed by atoms with van der Waals surface area (Å²) in [6.45, 7) is 5.72. The van der Waals surface area contributed by atoms with Crippen molar-refractivity contribution in [3.05, 3.63) is 45.4 Å². The molecule has 3 nitrogen and oxygen atoms in total. The molecule has 0 aromatic carbocycles. The van der Waals surface area contributed by atoms with Gasteiger partial charge in [-0.15, -0.1) is 11.3 Å². The molecule has 0 spiro atoms. The molecule has 16 heavy (non-hydrogen) atoms. The summed E-state index contributed by atoms with van der Waals surface area (Å²) in [4.78, 5) is 1.36. The van der Waals surface area contributed by atoms with Crippen LogP contribution in [0.25, 0.3) is 0 Å². The van der Waals surface area contributed by atoms with Gasteiger partial charge in [-0.1, -0.05) is 6.07 Å². The molecule has 0 saturated heterocycles. The Morgan fingerprint density at radius 3 is 2.88 bits per heavy atom. The van der Waals surface area contributed by atoms with Gasteiger partial charge < -0.3 is 5.32 Å². The number of hydrogen-bond donors (Lipinski definition) is 1. The Kier molecular flexibility index (Phi) is 3.64. The fraction of sp³-hybridized carbons (Fsp3) is 0.333. The second-order valence-electron chi connectivity index (χ2n) is 3.78. The van der Waals surface area contributed by atoms with Crippen LogP contribution >= 0.6 is 11.3 Å². The van der Waals surface area contributed by atoms with E-state index in [-0.39, 0.29) is 0 Å². The SMILES string of the molecule is Cc1cc(CNCc2cccs2)c(C)nn1. The van der Waals surface area contributed by atoms with Crippen LogP contribution in [0.5, 0.6) is 0 Å². The maximum absolute atomic E-state index is 4.11. The van der Waals surface area contributed by atoms with E-state index in [1.807, 2.05) is 13.8 Å². The number of thiophene rings is 1. The summed E-state index contributed by atoms with van der Waals surface area (Å²) in [7, 11) is 0. The molecular weight excluding hydrogens is 218 g/mol. The smallest absolute Gasteiger partial charge is 0.0645 e. The van der Waals surface area contributed by atoms with Crippen LogP contribution in [0.3, 0.4) is 0 Å². The molecule has 2 aromatic heterocycles. The first-order valence-corrected chi connectivity index (χ1v) is 6.16. The van der Waals surface area contributed by atoms with Crippen LogP contribution in [0.1, 0.15) is 21.8 Å². The molecule has 0 aliphatic carbocycles. The minimum absolute atomic E-state index is 0.847. The van der Waals surface area contributed by atoms with Gasteiger partial charge in [-0.2, -0.15) is 10.2 Å². The zero-order chi connectivity index (χ0) is 11.4. The standard InChI is InChI=1S/C12H15N3S/c1-9-6-11(10(2)15-14-9)7-13-8-12-4-3-5-16-12/h3-6,13H,7-8H2,1-2H3. The summed E-state index contributed by atoms with van der Waals surface area (Å²) in [6, 6.07) is 6.30. The summed E-state index contributed by atoms with van der Waals surface area (Å²) < 4.78 is 0. The van der Waals surface area contributed by atoms with E-state index in [2.05, 4.69) is 39.1 Å². The molecule has 1 N–H and O–H groups in total. The minimum Gasteiger partial charge on any atom is -0.308 e. The molecule has 0 aliphatic heterocycles. The van der Waals surface area contributed by atoms with E-state index in [9.17, 15) is 0 Å². The van der Waals surface area contributed by atoms with Crippen molar-refractivity contribution in [2.24, 2.45) is 0 Å². The van der Waals surface area contributed by atoms with Gasteiger partial charge in [-0.3, -0.25) is 0 Å². The molecule has 0 amide bonds. The maximum Gasteiger partial charge on any atom is 0.0645 e. The normalized spacial score (nSPS) is 10.6. The fourth-order valence-corrected chi connectivity index (χ4v) is 2.19. The fourth-order valence-electron chi connectivity index (χ4n) is 1.52. The van der Waals surface area contributed by atoms with Crippen LogP contribution in [0.2, 0.25) is 0 Å². The highest BCUT2D eigenvalue weighted by molar-refractivity contribution is 7.09. The first-order chi connectivity index (χ1) is 7.75. The molecule has 0 aliphatic rings. The molecule has 4 heteroatoms. The second-order valence-corrected chi connectivity index (χ2v) is 4.81. The highest BCUT2D eigenvalue weighted by Crippen LogP contribution is 2.09. The van der Waals surface area contributed by atoms with Crippen LogP contribution in [0.4, 0.5) is 0 Å². The Hall–Kier alpha value is -1.26. The van der Waals surface area contributed by atoms with E-state index in [1.54, 1.807) is 11.3 Å². The van der Waals surface area contributed by atoms with E-state index in [4.69, 9.17) is 0 Å². The average Bonchev–Trinajstić information content (AvgIpc) is 2.76. The largest absolute Gasteiger partial charge is 0.308 e. The lowest BCUT2D eigenvalue weighted by molar-refractivity contribution is 0.689. The van der Waals surface area contributed by atoms with Crippen molar-refractivity contribution in [1.82, 2.24) is 15.5 Å². The lowest BCUT2D eigenvalue weighted by Gasteiger charge is -2.06. The third-order valence-electron chi connectivity index (χ3n) is 2.40. The Bertz CT molecular complexity index is 451. The van der Waals surface area contributed by atoms with Crippen molar-refractivity contribution in [2.45, 2.75) is 26.9 Å². The van der Waals surface area contributed by atoms with Crippen LogP contribution in [0.15, 0.2) is 23.6 Å². The van der Waals surface area contributed by atoms with Gasteiger partial charge in [0.15, 0.2) is 0 Å². The third kappa shape index (κ3) is 2.87. The minimum atomic E-state index is 0.847. The van der Waals surface area contributed by atoms with Crippen molar-refractivity contribution in [2.75, 3.05) is 0 Å². The Labute approximate surface area is 99.5 Å². The molecule has 0 radical (unpaired) electrons. The lowest BCUT2D eigenvalue weighted by atomic mass is 10.2. The van der Waals surface area contributed by atoms with Gasteiger partial charge in [0.05, 0.1) is 11.4 Å². The molecular formula is C12H15N3S. The Morgan fingerprint density at radius 1 is 1.25 bits per heavy atom. The number of nitrogens with zero attached hydrogens (tertiary/aromatic N) is 2. The molecule has 2 rings (SSSR count). The van der Waals surface area contributed by atoms with Crippen molar-refractivity contribution in [1.29, 1.82) is 0 Å². The summed E-state index contributed by atoms with van der Waals surface area (Å²) in [6.07, 6.45) is 0. The van der Waals surface area contributed by atoms with Gasteiger partial charge in [-0.25, -0.2) is 0 Å². The number of aryl methyl sites for hydroxylation is 2. The maximum atomic E-state index is 4.11. The van der Waals surface area contributed by atoms with E-state index >= 15 is 0 Å². The van der Waals surface area contributed by atoms with Crippen LogP contribution in [-0.4, -0.2) is 10.2 Å². The zero-order valence-corrected chi connectivity index (χ0v) is 10.3. The molecule has 84 valence electrons. The topological polar surface area (TPSA) is 37.8 Å². The predicted molar refractivity (Wildman–Crippen MR) is 66.4 cm³/mol. The molecule has 2 heterocycles. The summed E-state index contributed by atoms with van der Waals surface area (Å²) in [5, 5.41) is 13.6. The van der Waals surface area contributed by atoms with Crippen LogP contribution < -0.4 is 5.32 Å². The number of rotatable bonds is 4. The molecule has 0 bridgehead atoms. The monoisotopic (exact) mass is 233 g/mol. The number of hydrogen-bond acceptors (Lipinski definition) is 4. The second kappa shape index (κ2) is 5.18. The Balaban J connectivity index is 1.92. The lowest BCUT2D eigenvalue weighted by Crippen LogP contribution is -2.13. The predicted octanol–water partition coefficient (Wildman–Crippen LogP) is 2.44. The quantitative estimate of drug-likeness (QED) is 0.881. The highest BCUT2D eigenvalue weighted by Gasteiger charge is 2.01. The first-order valence-electron chi connectivity index (χ1n) is 5.28. The third-order valence-corrected chi connectivity index (χ3v) is 3.28. The van der Waals surface area contributed by atoms with E-state index in [0.717, 1.165) is 24.5 Å². The van der Waals surface area contributed by atoms with Crippen molar-refractivity contribution >= 4 is 11.3 Å². The number of aromatic nitrogens is 2. The van der Waals surface area contributed by atoms with Crippen molar-refractivity contribution in [3.8, 4) is 0 Å². The number of nitrogens with one attached hydrogen (secondary N) is 1. The van der Waals surface area contributed by atoms with E-state index in [1.165, 1.54) is 10.4 Å². The van der Waals surface area contributed by atoms with Gasteiger partial charge >= 0.3 is 0 Å². The first kappa shape index (κ1) is 11.2. The average molecular weight is 233 g/mol. The van der Waals surface area contributed by atoms with Gasteiger partial charge in [0.2, 0.25) is 0 Å². The van der Waals surface area contributed by atoms with Gasteiger partial charge in [0.25, 0.3) is 0 Å². The van der Waals surface area contributed by atoms with Crippen LogP contribution in [0, 0.1) is 13.8 Å². The molecule has 0 atom stereocenters. The summed E-state index contributed by atoms with van der Waals surface area (Å²) >= 11 is 1.77. The van der Waals surface area contributed by atoms with Gasteiger partial charge in [0, 0.05) is 18.0 Å². The summed E-state index contributed by atoms with van der Waals surface area (Å²) in [5.74, 6) is 0. The van der Waals surface area contributed by atoms with E-state index < -0.39 is 0 Å². The molecule has 2 aromatic rings. The summed E-state index contributed by atoms with van der Waals surface area (Å²) in [5.41, 5.74) is 3.20. The highest BCUT2D eigenvalue weighted by atomic mass is 32.1. The Morgan fingerprint density at radius 2 is 2.12 bits per heavy atom. The van der Waals surface area contributed by atoms with E-state index in [0.29, 0.717) is 0 Å². The van der Waals surface area contributed by atoms with Crippen LogP contribution in [-0.2, 0) is 13.1 Å². The molecule has 0 fully saturated rings. The zero-order valence-electron chi connectivity index (χ0n) is 9.53. The van der Waals surface area contributed by atoms with Crippen molar-refractivity contribution < 1.29 is 0 Å². The van der Waals surface area contributed by atoms with Gasteiger partial charge in [-0.05, 0) is 36.9 Å². The molecule has 0 saturated carbocycles. The van der Waals surface area contributed by atoms with Crippen molar-refractivity contribution in [3.63, 3.8) is 0 Å². The molecule has 0 unspecified atom stereocenters. The van der Waals surface area contributed by atoms with Gasteiger partial charge in [0.1, 0.15) is 0 Å².